The quantitative estimate of drug-likeness (QED) is 0.759. The molecule has 1 aromatic carbocycles. The number of nitrogens with one attached hydrogen (secondary N) is 1. The van der Waals surface area contributed by atoms with Gasteiger partial charge in [-0.15, -0.1) is 0 Å². The molecule has 114 valence electrons. The molecule has 1 atom stereocenters. The van der Waals surface area contributed by atoms with E-state index in [1.165, 1.54) is 11.1 Å². The second kappa shape index (κ2) is 7.97. The van der Waals surface area contributed by atoms with Gasteiger partial charge >= 0.3 is 0 Å². The lowest BCUT2D eigenvalue weighted by atomic mass is 10.0. The van der Waals surface area contributed by atoms with E-state index in [1.54, 1.807) is 0 Å². The summed E-state index contributed by atoms with van der Waals surface area (Å²) in [7, 11) is 0. The zero-order valence-electron chi connectivity index (χ0n) is 12.4. The molecule has 0 aliphatic heterocycles. The third kappa shape index (κ3) is 4.31. The molecule has 0 amide bonds. The molecule has 1 N–H and O–H groups in total. The van der Waals surface area contributed by atoms with Gasteiger partial charge in [0.2, 0.25) is 0 Å². The van der Waals surface area contributed by atoms with Crippen molar-refractivity contribution in [2.24, 2.45) is 0 Å². The minimum Gasteiger partial charge on any atom is -0.306 e. The molecule has 3 nitrogen and oxygen atoms in total. The highest BCUT2D eigenvalue weighted by atomic mass is 79.9. The summed E-state index contributed by atoms with van der Waals surface area (Å²) in [5.41, 5.74) is 2.36. The fourth-order valence-corrected chi connectivity index (χ4v) is 3.22. The number of aryl methyl sites for hydroxylation is 1. The molecule has 0 bridgehead atoms. The molecule has 2 aromatic rings. The van der Waals surface area contributed by atoms with Gasteiger partial charge in [-0.05, 0) is 37.1 Å². The van der Waals surface area contributed by atoms with Crippen molar-refractivity contribution in [2.75, 3.05) is 6.54 Å². The highest BCUT2D eigenvalue weighted by molar-refractivity contribution is 9.10. The van der Waals surface area contributed by atoms with Crippen LogP contribution in [0.4, 0.5) is 0 Å². The van der Waals surface area contributed by atoms with Crippen LogP contribution < -0.4 is 5.32 Å². The van der Waals surface area contributed by atoms with Crippen LogP contribution in [0.5, 0.6) is 0 Å². The molecule has 0 fully saturated rings. The first-order valence-corrected chi connectivity index (χ1v) is 8.53. The largest absolute Gasteiger partial charge is 0.306 e. The second-order valence-electron chi connectivity index (χ2n) is 5.09. The first-order valence-electron chi connectivity index (χ1n) is 7.36. The Kier molecular flexibility index (Phi) is 6.27. The van der Waals surface area contributed by atoms with Gasteiger partial charge in [-0.2, -0.15) is 5.10 Å². The van der Waals surface area contributed by atoms with E-state index >= 15 is 0 Å². The van der Waals surface area contributed by atoms with Crippen molar-refractivity contribution in [3.8, 4) is 0 Å². The summed E-state index contributed by atoms with van der Waals surface area (Å²) in [4.78, 5) is 0. The van der Waals surface area contributed by atoms with Gasteiger partial charge in [-0.1, -0.05) is 47.4 Å². The number of rotatable bonds is 7. The van der Waals surface area contributed by atoms with Crippen molar-refractivity contribution < 1.29 is 0 Å². The number of aromatic nitrogens is 2. The van der Waals surface area contributed by atoms with Crippen LogP contribution in [0.15, 0.2) is 35.1 Å². The van der Waals surface area contributed by atoms with Crippen molar-refractivity contribution in [2.45, 2.75) is 39.3 Å². The summed E-state index contributed by atoms with van der Waals surface area (Å²) in [6.07, 6.45) is 6.24. The van der Waals surface area contributed by atoms with E-state index in [0.29, 0.717) is 0 Å². The van der Waals surface area contributed by atoms with Crippen molar-refractivity contribution >= 4 is 27.5 Å². The Labute approximate surface area is 139 Å². The van der Waals surface area contributed by atoms with Crippen LogP contribution in [-0.2, 0) is 6.54 Å². The Morgan fingerprint density at radius 3 is 2.81 bits per heavy atom. The fourth-order valence-electron chi connectivity index (χ4n) is 2.31. The van der Waals surface area contributed by atoms with Crippen LogP contribution in [0.25, 0.3) is 0 Å². The molecule has 1 heterocycles. The molecule has 2 rings (SSSR count). The Hall–Kier alpha value is -0.840. The topological polar surface area (TPSA) is 29.9 Å². The third-order valence-electron chi connectivity index (χ3n) is 3.31. The monoisotopic (exact) mass is 369 g/mol. The van der Waals surface area contributed by atoms with Crippen LogP contribution in [0.2, 0.25) is 5.02 Å². The molecule has 0 saturated carbocycles. The van der Waals surface area contributed by atoms with Crippen LogP contribution in [-0.4, -0.2) is 16.3 Å². The molecular weight excluding hydrogens is 350 g/mol. The molecule has 5 heteroatoms. The van der Waals surface area contributed by atoms with Crippen molar-refractivity contribution in [1.82, 2.24) is 15.1 Å². The maximum absolute atomic E-state index is 6.05. The molecule has 0 aliphatic rings. The standard InChI is InChI=1S/C16H21BrClN3/c1-3-7-19-16(12-10-20-21(11-12)8-4-2)14-6-5-13(18)9-15(14)17/h5-6,9-11,16,19H,3-4,7-8H2,1-2H3. The predicted molar refractivity (Wildman–Crippen MR) is 91.8 cm³/mol. The summed E-state index contributed by atoms with van der Waals surface area (Å²) in [6, 6.07) is 6.06. The molecule has 0 spiro atoms. The van der Waals surface area contributed by atoms with Crippen molar-refractivity contribution in [3.05, 3.63) is 51.2 Å². The van der Waals surface area contributed by atoms with Crippen molar-refractivity contribution in [3.63, 3.8) is 0 Å². The fraction of sp³-hybridized carbons (Fsp3) is 0.438. The molecule has 0 aliphatic carbocycles. The summed E-state index contributed by atoms with van der Waals surface area (Å²) in [5.74, 6) is 0. The summed E-state index contributed by atoms with van der Waals surface area (Å²) >= 11 is 9.67. The molecule has 0 saturated heterocycles. The van der Waals surface area contributed by atoms with E-state index < -0.39 is 0 Å². The number of benzene rings is 1. The van der Waals surface area contributed by atoms with Gasteiger partial charge in [0.25, 0.3) is 0 Å². The average Bonchev–Trinajstić information content (AvgIpc) is 2.90. The maximum Gasteiger partial charge on any atom is 0.0619 e. The first-order chi connectivity index (χ1) is 10.2. The van der Waals surface area contributed by atoms with Crippen LogP contribution in [0.3, 0.4) is 0 Å². The maximum atomic E-state index is 6.05. The Morgan fingerprint density at radius 1 is 1.33 bits per heavy atom. The minimum absolute atomic E-state index is 0.127. The van der Waals surface area contributed by atoms with Gasteiger partial charge in [-0.3, -0.25) is 4.68 Å². The van der Waals surface area contributed by atoms with Gasteiger partial charge in [0, 0.05) is 27.8 Å². The lowest BCUT2D eigenvalue weighted by Gasteiger charge is -2.19. The minimum atomic E-state index is 0.127. The molecule has 1 aromatic heterocycles. The summed E-state index contributed by atoms with van der Waals surface area (Å²) in [5, 5.41) is 8.77. The van der Waals surface area contributed by atoms with Gasteiger partial charge < -0.3 is 5.32 Å². The van der Waals surface area contributed by atoms with Gasteiger partial charge in [0.05, 0.1) is 12.2 Å². The van der Waals surface area contributed by atoms with E-state index in [-0.39, 0.29) is 6.04 Å². The summed E-state index contributed by atoms with van der Waals surface area (Å²) in [6.45, 7) is 6.23. The van der Waals surface area contributed by atoms with Gasteiger partial charge in [-0.25, -0.2) is 0 Å². The van der Waals surface area contributed by atoms with Crippen LogP contribution in [0.1, 0.15) is 43.9 Å². The smallest absolute Gasteiger partial charge is 0.0619 e. The predicted octanol–water partition coefficient (Wildman–Crippen LogP) is 4.80. The zero-order chi connectivity index (χ0) is 15.2. The second-order valence-corrected chi connectivity index (χ2v) is 6.38. The van der Waals surface area contributed by atoms with Gasteiger partial charge in [0.1, 0.15) is 0 Å². The van der Waals surface area contributed by atoms with E-state index in [2.05, 4.69) is 52.5 Å². The Morgan fingerprint density at radius 2 is 2.14 bits per heavy atom. The third-order valence-corrected chi connectivity index (χ3v) is 4.23. The number of hydrogen-bond acceptors (Lipinski definition) is 2. The zero-order valence-corrected chi connectivity index (χ0v) is 14.8. The van der Waals surface area contributed by atoms with Crippen molar-refractivity contribution in [1.29, 1.82) is 0 Å². The first kappa shape index (κ1) is 16.5. The Balaban J connectivity index is 2.32. The lowest BCUT2D eigenvalue weighted by molar-refractivity contribution is 0.587. The van der Waals surface area contributed by atoms with Crippen LogP contribution in [0, 0.1) is 0 Å². The van der Waals surface area contributed by atoms with E-state index in [0.717, 1.165) is 35.4 Å². The van der Waals surface area contributed by atoms with Crippen LogP contribution >= 0.6 is 27.5 Å². The number of nitrogens with zero attached hydrogens (tertiary/aromatic N) is 2. The lowest BCUT2D eigenvalue weighted by Crippen LogP contribution is -2.23. The molecule has 21 heavy (non-hydrogen) atoms. The normalized spacial score (nSPS) is 12.6. The van der Waals surface area contributed by atoms with E-state index in [1.807, 2.05) is 23.0 Å². The average molecular weight is 371 g/mol. The van der Waals surface area contributed by atoms with Gasteiger partial charge in [0.15, 0.2) is 0 Å². The Bertz CT molecular complexity index is 583. The molecular formula is C16H21BrClN3. The van der Waals surface area contributed by atoms with E-state index in [9.17, 15) is 0 Å². The molecule has 0 radical (unpaired) electrons. The SMILES string of the molecule is CCCNC(c1cnn(CCC)c1)c1ccc(Cl)cc1Br. The van der Waals surface area contributed by atoms with E-state index in [4.69, 9.17) is 11.6 Å². The molecule has 1 unspecified atom stereocenters. The highest BCUT2D eigenvalue weighted by Crippen LogP contribution is 2.30. The highest BCUT2D eigenvalue weighted by Gasteiger charge is 2.18. The summed E-state index contributed by atoms with van der Waals surface area (Å²) < 4.78 is 3.02. The number of halogens is 2. The number of hydrogen-bond donors (Lipinski definition) is 1.